The van der Waals surface area contributed by atoms with Gasteiger partial charge in [-0.15, -0.1) is 6.58 Å². The predicted octanol–water partition coefficient (Wildman–Crippen LogP) is -0.118. The summed E-state index contributed by atoms with van der Waals surface area (Å²) in [4.78, 5) is 4.22. The Labute approximate surface area is 90.3 Å². The van der Waals surface area contributed by atoms with E-state index < -0.39 is 0 Å². The molecule has 1 heterocycles. The highest BCUT2D eigenvalue weighted by molar-refractivity contribution is 5.77. The van der Waals surface area contributed by atoms with Crippen molar-refractivity contribution in [3.63, 3.8) is 0 Å². The summed E-state index contributed by atoms with van der Waals surface area (Å²) in [6.45, 7) is 6.04. The van der Waals surface area contributed by atoms with E-state index in [-0.39, 0.29) is 5.60 Å². The quantitative estimate of drug-likeness (QED) is 0.379. The Kier molecular flexibility index (Phi) is 4.58. The summed E-state index contributed by atoms with van der Waals surface area (Å²) in [5.74, 6) is 0.415. The third-order valence-electron chi connectivity index (χ3n) is 2.47. The first kappa shape index (κ1) is 12.0. The number of hydrogen-bond acceptors (Lipinski definition) is 3. The smallest absolute Gasteiger partial charge is 0.188 e. The van der Waals surface area contributed by atoms with Crippen LogP contribution in [0.25, 0.3) is 0 Å². The van der Waals surface area contributed by atoms with Gasteiger partial charge in [-0.3, -0.25) is 4.99 Å². The zero-order valence-electron chi connectivity index (χ0n) is 9.16. The molecule has 0 aromatic heterocycles. The third-order valence-corrected chi connectivity index (χ3v) is 2.47. The van der Waals surface area contributed by atoms with Crippen LogP contribution in [0.2, 0.25) is 0 Å². The van der Waals surface area contributed by atoms with Crippen LogP contribution in [0.5, 0.6) is 0 Å². The molecule has 0 spiro atoms. The van der Waals surface area contributed by atoms with Crippen molar-refractivity contribution >= 4 is 5.96 Å². The molecule has 86 valence electrons. The number of nitrogens with two attached hydrogens (primary N) is 1. The lowest BCUT2D eigenvalue weighted by Crippen LogP contribution is -2.38. The Bertz CT molecular complexity index is 235. The lowest BCUT2D eigenvalue weighted by Gasteiger charge is -2.23. The second kappa shape index (κ2) is 5.72. The molecular formula is C10H19N3O2. The van der Waals surface area contributed by atoms with Gasteiger partial charge in [0.2, 0.25) is 0 Å². The predicted molar refractivity (Wildman–Crippen MR) is 59.9 cm³/mol. The van der Waals surface area contributed by atoms with Gasteiger partial charge in [0, 0.05) is 26.7 Å². The highest BCUT2D eigenvalue weighted by Gasteiger charge is 2.34. The van der Waals surface area contributed by atoms with Crippen LogP contribution < -0.4 is 11.1 Å². The summed E-state index contributed by atoms with van der Waals surface area (Å²) in [5, 5.41) is 2.91. The average Bonchev–Trinajstić information content (AvgIpc) is 2.73. The summed E-state index contributed by atoms with van der Waals surface area (Å²) in [6.07, 6.45) is 2.59. The van der Waals surface area contributed by atoms with Crippen LogP contribution >= 0.6 is 0 Å². The Morgan fingerprint density at radius 1 is 1.80 bits per heavy atom. The van der Waals surface area contributed by atoms with E-state index in [1.807, 2.05) is 0 Å². The van der Waals surface area contributed by atoms with Gasteiger partial charge in [0.25, 0.3) is 0 Å². The fourth-order valence-electron chi connectivity index (χ4n) is 1.40. The van der Waals surface area contributed by atoms with Crippen molar-refractivity contribution < 1.29 is 9.47 Å². The van der Waals surface area contributed by atoms with E-state index in [2.05, 4.69) is 16.9 Å². The van der Waals surface area contributed by atoms with Gasteiger partial charge < -0.3 is 20.5 Å². The molecular weight excluding hydrogens is 194 g/mol. The van der Waals surface area contributed by atoms with Crippen LogP contribution in [0.1, 0.15) is 6.42 Å². The van der Waals surface area contributed by atoms with Gasteiger partial charge in [0.1, 0.15) is 5.60 Å². The molecule has 5 heteroatoms. The molecule has 0 amide bonds. The Morgan fingerprint density at radius 3 is 3.13 bits per heavy atom. The van der Waals surface area contributed by atoms with E-state index in [9.17, 15) is 0 Å². The number of nitrogens with one attached hydrogen (secondary N) is 1. The largest absolute Gasteiger partial charge is 0.378 e. The summed E-state index contributed by atoms with van der Waals surface area (Å²) in [6, 6.07) is 0. The molecule has 0 radical (unpaired) electrons. The SMILES string of the molecule is C=CCNC(N)=NCC1(OC)CCOC1. The van der Waals surface area contributed by atoms with E-state index in [0.717, 1.165) is 13.0 Å². The van der Waals surface area contributed by atoms with Crippen LogP contribution in [-0.2, 0) is 9.47 Å². The number of guanidine groups is 1. The lowest BCUT2D eigenvalue weighted by molar-refractivity contribution is -0.00905. The van der Waals surface area contributed by atoms with Crippen LogP contribution in [0.15, 0.2) is 17.6 Å². The molecule has 0 saturated carbocycles. The van der Waals surface area contributed by atoms with Crippen molar-refractivity contribution in [2.75, 3.05) is 33.4 Å². The van der Waals surface area contributed by atoms with Crippen molar-refractivity contribution in [2.24, 2.45) is 10.7 Å². The molecule has 1 saturated heterocycles. The molecule has 1 unspecified atom stereocenters. The molecule has 5 nitrogen and oxygen atoms in total. The fourth-order valence-corrected chi connectivity index (χ4v) is 1.40. The van der Waals surface area contributed by atoms with Gasteiger partial charge in [0.05, 0.1) is 13.2 Å². The molecule has 1 atom stereocenters. The lowest BCUT2D eigenvalue weighted by atomic mass is 10.0. The average molecular weight is 213 g/mol. The third kappa shape index (κ3) is 3.53. The fraction of sp³-hybridized carbons (Fsp3) is 0.700. The Hall–Kier alpha value is -1.07. The molecule has 3 N–H and O–H groups in total. The first-order chi connectivity index (χ1) is 7.22. The van der Waals surface area contributed by atoms with Crippen molar-refractivity contribution in [2.45, 2.75) is 12.0 Å². The summed E-state index contributed by atoms with van der Waals surface area (Å²) in [7, 11) is 1.68. The number of rotatable bonds is 5. The van der Waals surface area contributed by atoms with E-state index in [1.54, 1.807) is 13.2 Å². The molecule has 1 aliphatic rings. The second-order valence-electron chi connectivity index (χ2n) is 3.56. The first-order valence-electron chi connectivity index (χ1n) is 5.00. The number of methoxy groups -OCH3 is 1. The summed E-state index contributed by atoms with van der Waals surface area (Å²) in [5.41, 5.74) is 5.36. The van der Waals surface area contributed by atoms with Gasteiger partial charge >= 0.3 is 0 Å². The molecule has 0 aromatic carbocycles. The van der Waals surface area contributed by atoms with Crippen molar-refractivity contribution in [3.05, 3.63) is 12.7 Å². The van der Waals surface area contributed by atoms with Gasteiger partial charge in [-0.25, -0.2) is 0 Å². The van der Waals surface area contributed by atoms with E-state index in [0.29, 0.717) is 25.7 Å². The van der Waals surface area contributed by atoms with Gasteiger partial charge in [-0.1, -0.05) is 6.08 Å². The first-order valence-corrected chi connectivity index (χ1v) is 5.00. The van der Waals surface area contributed by atoms with Gasteiger partial charge in [0.15, 0.2) is 5.96 Å². The van der Waals surface area contributed by atoms with E-state index in [1.165, 1.54) is 0 Å². The Morgan fingerprint density at radius 2 is 2.60 bits per heavy atom. The topological polar surface area (TPSA) is 68.9 Å². The highest BCUT2D eigenvalue weighted by Crippen LogP contribution is 2.22. The molecule has 1 fully saturated rings. The zero-order valence-corrected chi connectivity index (χ0v) is 9.16. The van der Waals surface area contributed by atoms with Crippen LogP contribution in [0, 0.1) is 0 Å². The maximum absolute atomic E-state index is 5.65. The van der Waals surface area contributed by atoms with Crippen LogP contribution in [-0.4, -0.2) is 45.0 Å². The molecule has 0 aromatic rings. The standard InChI is InChI=1S/C10H19N3O2/c1-3-5-12-9(11)13-7-10(14-2)4-6-15-8-10/h3H,1,4-8H2,2H3,(H3,11,12,13). The maximum Gasteiger partial charge on any atom is 0.188 e. The zero-order chi connectivity index (χ0) is 11.1. The number of ether oxygens (including phenoxy) is 2. The van der Waals surface area contributed by atoms with Gasteiger partial charge in [-0.05, 0) is 0 Å². The van der Waals surface area contributed by atoms with Gasteiger partial charge in [-0.2, -0.15) is 0 Å². The monoisotopic (exact) mass is 213 g/mol. The number of aliphatic imine (C=N–C) groups is 1. The molecule has 1 rings (SSSR count). The normalized spacial score (nSPS) is 26.6. The minimum Gasteiger partial charge on any atom is -0.378 e. The van der Waals surface area contributed by atoms with E-state index in [4.69, 9.17) is 15.2 Å². The minimum atomic E-state index is -0.291. The van der Waals surface area contributed by atoms with Crippen molar-refractivity contribution in [1.82, 2.24) is 5.32 Å². The van der Waals surface area contributed by atoms with Crippen molar-refractivity contribution in [3.8, 4) is 0 Å². The van der Waals surface area contributed by atoms with Crippen molar-refractivity contribution in [1.29, 1.82) is 0 Å². The number of nitrogens with zero attached hydrogens (tertiary/aromatic N) is 1. The molecule has 0 bridgehead atoms. The molecule has 0 aliphatic carbocycles. The molecule has 15 heavy (non-hydrogen) atoms. The van der Waals surface area contributed by atoms with Crippen LogP contribution in [0.3, 0.4) is 0 Å². The highest BCUT2D eigenvalue weighted by atomic mass is 16.5. The second-order valence-corrected chi connectivity index (χ2v) is 3.56. The minimum absolute atomic E-state index is 0.291. The van der Waals surface area contributed by atoms with E-state index >= 15 is 0 Å². The number of hydrogen-bond donors (Lipinski definition) is 2. The summed E-state index contributed by atoms with van der Waals surface area (Å²) < 4.78 is 10.7. The molecule has 1 aliphatic heterocycles. The Balaban J connectivity index is 2.41. The maximum atomic E-state index is 5.65. The summed E-state index contributed by atoms with van der Waals surface area (Å²) >= 11 is 0. The van der Waals surface area contributed by atoms with Crippen LogP contribution in [0.4, 0.5) is 0 Å².